The van der Waals surface area contributed by atoms with Crippen LogP contribution in [0, 0.1) is 0 Å². The highest BCUT2D eigenvalue weighted by atomic mass is 79.9. The first-order valence-corrected chi connectivity index (χ1v) is 8.02. The predicted octanol–water partition coefficient (Wildman–Crippen LogP) is 5.35. The molecule has 1 aromatic carbocycles. The van der Waals surface area contributed by atoms with Crippen LogP contribution in [0.5, 0.6) is 0 Å². The molecule has 2 nitrogen and oxygen atoms in total. The first-order chi connectivity index (χ1) is 9.15. The number of ketones is 1. The zero-order chi connectivity index (χ0) is 14.1. The Morgan fingerprint density at radius 2 is 1.74 bits per heavy atom. The molecule has 1 aromatic rings. The molecule has 0 radical (unpaired) electrons. The van der Waals surface area contributed by atoms with Gasteiger partial charge in [-0.25, -0.2) is 0 Å². The van der Waals surface area contributed by atoms with E-state index < -0.39 is 0 Å². The van der Waals surface area contributed by atoms with Crippen LogP contribution in [0.15, 0.2) is 22.7 Å². The first kappa shape index (κ1) is 16.2. The van der Waals surface area contributed by atoms with Crippen molar-refractivity contribution in [1.82, 2.24) is 0 Å². The molecule has 106 valence electrons. The van der Waals surface area contributed by atoms with Gasteiger partial charge in [0, 0.05) is 22.1 Å². The molecule has 1 rings (SSSR count). The lowest BCUT2D eigenvalue weighted by molar-refractivity contribution is 0.0980. The van der Waals surface area contributed by atoms with E-state index >= 15 is 0 Å². The Labute approximate surface area is 124 Å². The number of halogens is 1. The predicted molar refractivity (Wildman–Crippen MR) is 85.5 cm³/mol. The van der Waals surface area contributed by atoms with Crippen molar-refractivity contribution in [3.05, 3.63) is 28.2 Å². The molecular formula is C16H24BrNO. The fourth-order valence-corrected chi connectivity index (χ4v) is 2.54. The summed E-state index contributed by atoms with van der Waals surface area (Å²) in [7, 11) is 0. The number of hydrogen-bond donors (Lipinski definition) is 1. The summed E-state index contributed by atoms with van der Waals surface area (Å²) < 4.78 is 0.914. The van der Waals surface area contributed by atoms with Gasteiger partial charge in [0.25, 0.3) is 0 Å². The molecule has 0 spiro atoms. The maximum absolute atomic E-state index is 12.0. The third kappa shape index (κ3) is 6.24. The summed E-state index contributed by atoms with van der Waals surface area (Å²) in [5.74, 6) is 0.165. The molecule has 0 aliphatic carbocycles. The molecule has 0 aromatic heterocycles. The van der Waals surface area contributed by atoms with Crippen LogP contribution in [0.1, 0.15) is 68.6 Å². The lowest BCUT2D eigenvalue weighted by Crippen LogP contribution is -2.03. The topological polar surface area (TPSA) is 43.1 Å². The molecule has 0 fully saturated rings. The Bertz CT molecular complexity index is 404. The number of rotatable bonds is 9. The number of Topliss-reactive ketones (excluding diaryl/α,β-unsaturated/α-hetero) is 1. The summed E-state index contributed by atoms with van der Waals surface area (Å²) >= 11 is 3.35. The summed E-state index contributed by atoms with van der Waals surface area (Å²) in [6, 6.07) is 5.47. The number of nitrogens with two attached hydrogens (primary N) is 1. The van der Waals surface area contributed by atoms with Crippen LogP contribution in [0.25, 0.3) is 0 Å². The monoisotopic (exact) mass is 325 g/mol. The van der Waals surface area contributed by atoms with E-state index in [0.717, 1.165) is 17.3 Å². The van der Waals surface area contributed by atoms with Gasteiger partial charge in [0.1, 0.15) is 0 Å². The lowest BCUT2D eigenvalue weighted by Gasteiger charge is -2.05. The molecule has 0 aliphatic heterocycles. The van der Waals surface area contributed by atoms with E-state index in [-0.39, 0.29) is 5.78 Å². The summed E-state index contributed by atoms with van der Waals surface area (Å²) in [4.78, 5) is 12.0. The minimum absolute atomic E-state index is 0.165. The largest absolute Gasteiger partial charge is 0.398 e. The fraction of sp³-hybridized carbons (Fsp3) is 0.562. The molecule has 0 saturated heterocycles. The van der Waals surface area contributed by atoms with Gasteiger partial charge in [0.2, 0.25) is 0 Å². The number of unbranched alkanes of at least 4 members (excludes halogenated alkanes) is 6. The minimum Gasteiger partial charge on any atom is -0.398 e. The van der Waals surface area contributed by atoms with Gasteiger partial charge in [0.15, 0.2) is 5.78 Å². The first-order valence-electron chi connectivity index (χ1n) is 7.23. The molecule has 0 heterocycles. The van der Waals surface area contributed by atoms with E-state index in [9.17, 15) is 4.79 Å². The van der Waals surface area contributed by atoms with Gasteiger partial charge in [-0.2, -0.15) is 0 Å². The molecule has 3 heteroatoms. The van der Waals surface area contributed by atoms with E-state index in [2.05, 4.69) is 22.9 Å². The Morgan fingerprint density at radius 3 is 2.37 bits per heavy atom. The van der Waals surface area contributed by atoms with E-state index in [4.69, 9.17) is 5.73 Å². The fourth-order valence-electron chi connectivity index (χ4n) is 2.16. The van der Waals surface area contributed by atoms with Gasteiger partial charge in [-0.05, 0) is 24.6 Å². The van der Waals surface area contributed by atoms with Crippen molar-refractivity contribution < 1.29 is 4.79 Å². The van der Waals surface area contributed by atoms with Crippen molar-refractivity contribution in [3.8, 4) is 0 Å². The number of carbonyl (C=O) groups excluding carboxylic acids is 1. The number of carbonyl (C=O) groups is 1. The average molecular weight is 326 g/mol. The van der Waals surface area contributed by atoms with Gasteiger partial charge >= 0.3 is 0 Å². The molecule has 0 saturated carbocycles. The summed E-state index contributed by atoms with van der Waals surface area (Å²) in [5.41, 5.74) is 7.09. The smallest absolute Gasteiger partial charge is 0.164 e. The third-order valence-electron chi connectivity index (χ3n) is 3.32. The molecule has 0 unspecified atom stereocenters. The average Bonchev–Trinajstić information content (AvgIpc) is 2.37. The van der Waals surface area contributed by atoms with E-state index in [1.807, 2.05) is 12.1 Å². The molecule has 0 aliphatic rings. The van der Waals surface area contributed by atoms with Gasteiger partial charge in [0.05, 0.1) is 0 Å². The number of anilines is 1. The second-order valence-electron chi connectivity index (χ2n) is 5.03. The van der Waals surface area contributed by atoms with Gasteiger partial charge in [-0.3, -0.25) is 4.79 Å². The summed E-state index contributed by atoms with van der Waals surface area (Å²) in [5, 5.41) is 0. The highest BCUT2D eigenvalue weighted by Gasteiger charge is 2.09. The van der Waals surface area contributed by atoms with E-state index in [1.165, 1.54) is 32.1 Å². The molecular weight excluding hydrogens is 302 g/mol. The molecule has 0 amide bonds. The van der Waals surface area contributed by atoms with Crippen LogP contribution < -0.4 is 5.73 Å². The SMILES string of the molecule is CCCCCCCCCC(=O)c1ccc(Br)cc1N. The Morgan fingerprint density at radius 1 is 1.11 bits per heavy atom. The second kappa shape index (κ2) is 9.13. The van der Waals surface area contributed by atoms with E-state index in [1.54, 1.807) is 6.07 Å². The van der Waals surface area contributed by atoms with Crippen LogP contribution in [-0.4, -0.2) is 5.78 Å². The van der Waals surface area contributed by atoms with Gasteiger partial charge < -0.3 is 5.73 Å². The van der Waals surface area contributed by atoms with Crippen molar-refractivity contribution >= 4 is 27.4 Å². The number of benzene rings is 1. The molecule has 0 atom stereocenters. The van der Waals surface area contributed by atoms with Crippen molar-refractivity contribution in [2.75, 3.05) is 5.73 Å². The zero-order valence-corrected chi connectivity index (χ0v) is 13.3. The molecule has 19 heavy (non-hydrogen) atoms. The Kier molecular flexibility index (Phi) is 7.80. The maximum atomic E-state index is 12.0. The second-order valence-corrected chi connectivity index (χ2v) is 5.94. The molecule has 0 bridgehead atoms. The Hall–Kier alpha value is -0.830. The van der Waals surface area contributed by atoms with Crippen LogP contribution in [-0.2, 0) is 0 Å². The van der Waals surface area contributed by atoms with Crippen molar-refractivity contribution in [2.45, 2.75) is 58.3 Å². The Balaban J connectivity index is 2.24. The van der Waals surface area contributed by atoms with Crippen LogP contribution in [0.2, 0.25) is 0 Å². The lowest BCUT2D eigenvalue weighted by atomic mass is 10.0. The maximum Gasteiger partial charge on any atom is 0.164 e. The standard InChI is InChI=1S/C16H24BrNO/c1-2-3-4-5-6-7-8-9-16(19)14-11-10-13(17)12-15(14)18/h10-12H,2-9,18H2,1H3. The highest BCUT2D eigenvalue weighted by Crippen LogP contribution is 2.21. The summed E-state index contributed by atoms with van der Waals surface area (Å²) in [6.45, 7) is 2.22. The number of hydrogen-bond acceptors (Lipinski definition) is 2. The van der Waals surface area contributed by atoms with E-state index in [0.29, 0.717) is 17.7 Å². The van der Waals surface area contributed by atoms with Crippen molar-refractivity contribution in [1.29, 1.82) is 0 Å². The van der Waals surface area contributed by atoms with Gasteiger partial charge in [-0.15, -0.1) is 0 Å². The normalized spacial score (nSPS) is 10.6. The van der Waals surface area contributed by atoms with Crippen molar-refractivity contribution in [3.63, 3.8) is 0 Å². The van der Waals surface area contributed by atoms with Crippen LogP contribution >= 0.6 is 15.9 Å². The highest BCUT2D eigenvalue weighted by molar-refractivity contribution is 9.10. The number of nitrogen functional groups attached to an aromatic ring is 1. The van der Waals surface area contributed by atoms with Crippen LogP contribution in [0.3, 0.4) is 0 Å². The van der Waals surface area contributed by atoms with Gasteiger partial charge in [-0.1, -0.05) is 61.4 Å². The van der Waals surface area contributed by atoms with Crippen LogP contribution in [0.4, 0.5) is 5.69 Å². The zero-order valence-electron chi connectivity index (χ0n) is 11.8. The quantitative estimate of drug-likeness (QED) is 0.377. The third-order valence-corrected chi connectivity index (χ3v) is 3.81. The van der Waals surface area contributed by atoms with Crippen molar-refractivity contribution in [2.24, 2.45) is 0 Å². The minimum atomic E-state index is 0.165. The molecule has 2 N–H and O–H groups in total. The summed E-state index contributed by atoms with van der Waals surface area (Å²) in [6.07, 6.45) is 9.19.